The maximum atomic E-state index is 13.0. The minimum Gasteiger partial charge on any atom is -0.345 e. The van der Waals surface area contributed by atoms with Crippen molar-refractivity contribution in [3.8, 4) is 0 Å². The average Bonchev–Trinajstić information content (AvgIpc) is 2.74. The molecule has 0 bridgehead atoms. The van der Waals surface area contributed by atoms with E-state index in [2.05, 4.69) is 17.4 Å². The Morgan fingerprint density at radius 2 is 1.83 bits per heavy atom. The molecule has 1 amide bonds. The summed E-state index contributed by atoms with van der Waals surface area (Å²) >= 11 is 1.81. The van der Waals surface area contributed by atoms with Crippen molar-refractivity contribution in [1.82, 2.24) is 9.62 Å². The van der Waals surface area contributed by atoms with Crippen LogP contribution in [0.2, 0.25) is 0 Å². The summed E-state index contributed by atoms with van der Waals surface area (Å²) in [6, 6.07) is 14.5. The summed E-state index contributed by atoms with van der Waals surface area (Å²) in [4.78, 5) is 14.2. The second-order valence-electron chi connectivity index (χ2n) is 7.69. The molecule has 1 saturated heterocycles. The molecule has 7 heteroatoms. The minimum atomic E-state index is -3.52. The van der Waals surface area contributed by atoms with Crippen molar-refractivity contribution >= 4 is 27.7 Å². The molecule has 1 N–H and O–H groups in total. The van der Waals surface area contributed by atoms with E-state index in [1.54, 1.807) is 28.6 Å². The van der Waals surface area contributed by atoms with E-state index in [0.29, 0.717) is 12.1 Å². The first kappa shape index (κ1) is 20.4. The molecule has 2 atom stereocenters. The molecule has 2 aliphatic rings. The van der Waals surface area contributed by atoms with Crippen molar-refractivity contribution < 1.29 is 13.2 Å². The van der Waals surface area contributed by atoms with Crippen LogP contribution in [0.1, 0.15) is 54.6 Å². The number of carbonyl (C=O) groups is 1. The van der Waals surface area contributed by atoms with Gasteiger partial charge >= 0.3 is 0 Å². The molecule has 0 aliphatic carbocycles. The standard InChI is InChI=1S/C22H26N2O3S2/c1-16-6-4-5-14-24(16)29(26,27)18-11-9-17(10-12-18)22(25)23-20-13-15-28-21-8-3-2-7-19(20)21/h2-3,7-12,16,20H,4-6,13-15H2,1H3,(H,23,25)/t16-,20-/m1/s1. The molecule has 29 heavy (non-hydrogen) atoms. The van der Waals surface area contributed by atoms with E-state index in [1.807, 2.05) is 30.8 Å². The summed E-state index contributed by atoms with van der Waals surface area (Å²) in [5, 5.41) is 3.11. The van der Waals surface area contributed by atoms with E-state index in [-0.39, 0.29) is 22.9 Å². The van der Waals surface area contributed by atoms with Crippen LogP contribution in [0.5, 0.6) is 0 Å². The first-order chi connectivity index (χ1) is 14.0. The van der Waals surface area contributed by atoms with Crippen molar-refractivity contribution in [2.75, 3.05) is 12.3 Å². The van der Waals surface area contributed by atoms with E-state index in [1.165, 1.54) is 4.90 Å². The molecule has 2 aliphatic heterocycles. The van der Waals surface area contributed by atoms with Crippen LogP contribution in [0, 0.1) is 0 Å². The lowest BCUT2D eigenvalue weighted by Crippen LogP contribution is -2.41. The summed E-state index contributed by atoms with van der Waals surface area (Å²) in [5.41, 5.74) is 1.63. The van der Waals surface area contributed by atoms with Gasteiger partial charge in [-0.25, -0.2) is 8.42 Å². The molecular weight excluding hydrogens is 404 g/mol. The van der Waals surface area contributed by atoms with E-state index in [9.17, 15) is 13.2 Å². The first-order valence-corrected chi connectivity index (χ1v) is 12.5. The van der Waals surface area contributed by atoms with Crippen LogP contribution in [0.4, 0.5) is 0 Å². The number of hydrogen-bond acceptors (Lipinski definition) is 4. The molecule has 0 spiro atoms. The number of amides is 1. The molecule has 1 fully saturated rings. The van der Waals surface area contributed by atoms with Gasteiger partial charge in [0.25, 0.3) is 5.91 Å². The maximum absolute atomic E-state index is 13.0. The number of nitrogens with zero attached hydrogens (tertiary/aromatic N) is 1. The topological polar surface area (TPSA) is 66.5 Å². The number of nitrogens with one attached hydrogen (secondary N) is 1. The van der Waals surface area contributed by atoms with Crippen molar-refractivity contribution in [1.29, 1.82) is 0 Å². The number of rotatable bonds is 4. The number of hydrogen-bond donors (Lipinski definition) is 1. The normalized spacial score (nSPS) is 22.7. The predicted octanol–water partition coefficient (Wildman–Crippen LogP) is 4.22. The smallest absolute Gasteiger partial charge is 0.251 e. The van der Waals surface area contributed by atoms with Crippen LogP contribution in [0.3, 0.4) is 0 Å². The minimum absolute atomic E-state index is 0.0148. The van der Waals surface area contributed by atoms with Gasteiger partial charge in [0.1, 0.15) is 0 Å². The number of thioether (sulfide) groups is 1. The lowest BCUT2D eigenvalue weighted by Gasteiger charge is -2.32. The zero-order chi connectivity index (χ0) is 20.4. The Morgan fingerprint density at radius 1 is 1.07 bits per heavy atom. The van der Waals surface area contributed by atoms with Crippen LogP contribution in [-0.4, -0.2) is 37.0 Å². The second kappa shape index (κ2) is 8.50. The predicted molar refractivity (Wildman–Crippen MR) is 116 cm³/mol. The van der Waals surface area contributed by atoms with Crippen LogP contribution in [-0.2, 0) is 10.0 Å². The molecule has 2 aromatic rings. The molecular formula is C22H26N2O3S2. The van der Waals surface area contributed by atoms with Gasteiger partial charge in [-0.15, -0.1) is 11.8 Å². The molecule has 5 nitrogen and oxygen atoms in total. The van der Waals surface area contributed by atoms with Gasteiger partial charge in [-0.1, -0.05) is 24.6 Å². The summed E-state index contributed by atoms with van der Waals surface area (Å²) in [6.45, 7) is 2.52. The van der Waals surface area contributed by atoms with E-state index >= 15 is 0 Å². The Hall–Kier alpha value is -1.83. The SMILES string of the molecule is C[C@@H]1CCCCN1S(=O)(=O)c1ccc(C(=O)N[C@@H]2CCSc3ccccc32)cc1. The van der Waals surface area contributed by atoms with Crippen LogP contribution >= 0.6 is 11.8 Å². The summed E-state index contributed by atoms with van der Waals surface area (Å²) < 4.78 is 27.5. The fraction of sp³-hybridized carbons (Fsp3) is 0.409. The number of fused-ring (bicyclic) bond motifs is 1. The van der Waals surface area contributed by atoms with Gasteiger partial charge in [0, 0.05) is 28.8 Å². The Bertz CT molecular complexity index is 989. The largest absolute Gasteiger partial charge is 0.345 e. The molecule has 0 unspecified atom stereocenters. The molecule has 0 saturated carbocycles. The van der Waals surface area contributed by atoms with Gasteiger partial charge in [0.2, 0.25) is 10.0 Å². The molecule has 0 radical (unpaired) electrons. The number of carbonyl (C=O) groups excluding carboxylic acids is 1. The highest BCUT2D eigenvalue weighted by molar-refractivity contribution is 7.99. The maximum Gasteiger partial charge on any atom is 0.251 e. The first-order valence-electron chi connectivity index (χ1n) is 10.1. The fourth-order valence-electron chi connectivity index (χ4n) is 4.08. The Morgan fingerprint density at radius 3 is 2.59 bits per heavy atom. The lowest BCUT2D eigenvalue weighted by atomic mass is 10.0. The second-order valence-corrected chi connectivity index (χ2v) is 10.7. The molecule has 4 rings (SSSR count). The zero-order valence-corrected chi connectivity index (χ0v) is 18.1. The zero-order valence-electron chi connectivity index (χ0n) is 16.5. The van der Waals surface area contributed by atoms with Crippen molar-refractivity contribution in [3.05, 3.63) is 59.7 Å². The number of sulfonamides is 1. The summed E-state index contributed by atoms with van der Waals surface area (Å²) in [6.07, 6.45) is 3.73. The molecule has 154 valence electrons. The van der Waals surface area contributed by atoms with Crippen molar-refractivity contribution in [2.45, 2.75) is 54.5 Å². The fourth-order valence-corrected chi connectivity index (χ4v) is 6.90. The van der Waals surface area contributed by atoms with Gasteiger partial charge in [0.05, 0.1) is 10.9 Å². The van der Waals surface area contributed by atoms with Gasteiger partial charge in [0.15, 0.2) is 0 Å². The Balaban J connectivity index is 1.49. The van der Waals surface area contributed by atoms with Gasteiger partial charge in [-0.3, -0.25) is 4.79 Å². The quantitative estimate of drug-likeness (QED) is 0.789. The molecule has 2 aromatic carbocycles. The highest BCUT2D eigenvalue weighted by atomic mass is 32.2. The van der Waals surface area contributed by atoms with Gasteiger partial charge in [-0.05, 0) is 62.1 Å². The third-order valence-electron chi connectivity index (χ3n) is 5.73. The van der Waals surface area contributed by atoms with E-state index in [4.69, 9.17) is 0 Å². The lowest BCUT2D eigenvalue weighted by molar-refractivity contribution is 0.0935. The molecule has 0 aromatic heterocycles. The van der Waals surface area contributed by atoms with E-state index in [0.717, 1.165) is 37.0 Å². The monoisotopic (exact) mass is 430 g/mol. The number of benzene rings is 2. The van der Waals surface area contributed by atoms with Crippen LogP contribution in [0.15, 0.2) is 58.3 Å². The average molecular weight is 431 g/mol. The van der Waals surface area contributed by atoms with Crippen molar-refractivity contribution in [2.24, 2.45) is 0 Å². The van der Waals surface area contributed by atoms with Gasteiger partial charge < -0.3 is 5.32 Å². The summed E-state index contributed by atoms with van der Waals surface area (Å²) in [5.74, 6) is 0.791. The highest BCUT2D eigenvalue weighted by Gasteiger charge is 2.31. The highest BCUT2D eigenvalue weighted by Crippen LogP contribution is 2.36. The van der Waals surface area contributed by atoms with Crippen LogP contribution < -0.4 is 5.32 Å². The van der Waals surface area contributed by atoms with E-state index < -0.39 is 10.0 Å². The molecule has 2 heterocycles. The summed E-state index contributed by atoms with van der Waals surface area (Å²) in [7, 11) is -3.52. The Kier molecular flexibility index (Phi) is 5.99. The third kappa shape index (κ3) is 4.22. The van der Waals surface area contributed by atoms with Gasteiger partial charge in [-0.2, -0.15) is 4.31 Å². The van der Waals surface area contributed by atoms with Crippen molar-refractivity contribution in [3.63, 3.8) is 0 Å². The third-order valence-corrected chi connectivity index (χ3v) is 8.88. The van der Waals surface area contributed by atoms with Crippen LogP contribution in [0.25, 0.3) is 0 Å². The number of piperidine rings is 1. The Labute approximate surface area is 176 Å².